The fraction of sp³-hybridized carbons (Fsp3) is 1.00. The first-order chi connectivity index (χ1) is 8.29. The summed E-state index contributed by atoms with van der Waals surface area (Å²) in [5, 5.41) is 10.2. The van der Waals surface area contributed by atoms with Gasteiger partial charge in [0.25, 0.3) is 0 Å². The number of aliphatic hydroxyl groups excluding tert-OH is 1. The van der Waals surface area contributed by atoms with Crippen LogP contribution in [0.25, 0.3) is 0 Å². The summed E-state index contributed by atoms with van der Waals surface area (Å²) in [6.45, 7) is 7.08. The molecule has 3 unspecified atom stereocenters. The fourth-order valence-electron chi connectivity index (χ4n) is 3.09. The monoisotopic (exact) mass is 241 g/mol. The van der Waals surface area contributed by atoms with Crippen LogP contribution in [-0.2, 0) is 4.74 Å². The van der Waals surface area contributed by atoms with Crippen molar-refractivity contribution in [2.24, 2.45) is 11.8 Å². The smallest absolute Gasteiger partial charge is 0.0718 e. The molecule has 2 rings (SSSR count). The van der Waals surface area contributed by atoms with E-state index in [2.05, 4.69) is 11.8 Å². The molecule has 0 bridgehead atoms. The molecule has 3 nitrogen and oxygen atoms in total. The molecule has 1 N–H and O–H groups in total. The summed E-state index contributed by atoms with van der Waals surface area (Å²) in [5.74, 6) is 1.28. The van der Waals surface area contributed by atoms with E-state index in [-0.39, 0.29) is 6.10 Å². The van der Waals surface area contributed by atoms with Crippen LogP contribution in [0.1, 0.15) is 39.0 Å². The second-order valence-corrected chi connectivity index (χ2v) is 5.70. The highest BCUT2D eigenvalue weighted by molar-refractivity contribution is 4.78. The second-order valence-electron chi connectivity index (χ2n) is 5.70. The summed E-state index contributed by atoms with van der Waals surface area (Å²) in [5.41, 5.74) is 0. The lowest BCUT2D eigenvalue weighted by Crippen LogP contribution is -2.37. The number of aliphatic hydroxyl groups is 1. The molecule has 100 valence electrons. The molecule has 2 saturated heterocycles. The van der Waals surface area contributed by atoms with E-state index in [0.717, 1.165) is 32.1 Å². The van der Waals surface area contributed by atoms with E-state index in [1.807, 2.05) is 0 Å². The molecule has 2 aliphatic heterocycles. The highest BCUT2D eigenvalue weighted by atomic mass is 16.5. The Hall–Kier alpha value is -0.120. The maximum atomic E-state index is 10.2. The Morgan fingerprint density at radius 3 is 2.88 bits per heavy atom. The summed E-state index contributed by atoms with van der Waals surface area (Å²) in [6, 6.07) is 0. The molecule has 0 aromatic rings. The van der Waals surface area contributed by atoms with Gasteiger partial charge in [0.15, 0.2) is 0 Å². The van der Waals surface area contributed by atoms with E-state index in [9.17, 15) is 5.11 Å². The number of hydrogen-bond donors (Lipinski definition) is 1. The summed E-state index contributed by atoms with van der Waals surface area (Å²) in [4.78, 5) is 2.46. The van der Waals surface area contributed by atoms with Crippen LogP contribution >= 0.6 is 0 Å². The Balaban J connectivity index is 1.74. The molecule has 2 heterocycles. The van der Waals surface area contributed by atoms with Crippen LogP contribution in [0.5, 0.6) is 0 Å². The van der Waals surface area contributed by atoms with Crippen LogP contribution in [0, 0.1) is 11.8 Å². The molecule has 2 aliphatic rings. The average molecular weight is 241 g/mol. The minimum Gasteiger partial charge on any atom is -0.391 e. The van der Waals surface area contributed by atoms with Crippen molar-refractivity contribution in [1.29, 1.82) is 0 Å². The maximum absolute atomic E-state index is 10.2. The molecule has 0 amide bonds. The van der Waals surface area contributed by atoms with Crippen LogP contribution in [-0.4, -0.2) is 49.0 Å². The number of likely N-dealkylation sites (tertiary alicyclic amines) is 1. The lowest BCUT2D eigenvalue weighted by Gasteiger charge is -2.26. The summed E-state index contributed by atoms with van der Waals surface area (Å²) < 4.78 is 5.35. The highest BCUT2D eigenvalue weighted by Gasteiger charge is 2.26. The van der Waals surface area contributed by atoms with Gasteiger partial charge in [-0.25, -0.2) is 0 Å². The van der Waals surface area contributed by atoms with Crippen molar-refractivity contribution >= 4 is 0 Å². The van der Waals surface area contributed by atoms with Crippen LogP contribution < -0.4 is 0 Å². The molecule has 0 aromatic carbocycles. The summed E-state index contributed by atoms with van der Waals surface area (Å²) in [7, 11) is 0. The molecule has 0 radical (unpaired) electrons. The Morgan fingerprint density at radius 2 is 2.18 bits per heavy atom. The normalized spacial score (nSPS) is 33.5. The zero-order chi connectivity index (χ0) is 12.1. The largest absolute Gasteiger partial charge is 0.391 e. The van der Waals surface area contributed by atoms with Gasteiger partial charge < -0.3 is 14.7 Å². The SMILES string of the molecule is CCC1CCCN(CC(O)C2CCOC2)CC1. The van der Waals surface area contributed by atoms with Gasteiger partial charge in [0.2, 0.25) is 0 Å². The van der Waals surface area contributed by atoms with Crippen LogP contribution in [0.2, 0.25) is 0 Å². The van der Waals surface area contributed by atoms with Crippen molar-refractivity contribution in [3.05, 3.63) is 0 Å². The number of nitrogens with zero attached hydrogens (tertiary/aromatic N) is 1. The van der Waals surface area contributed by atoms with Crippen LogP contribution in [0.15, 0.2) is 0 Å². The van der Waals surface area contributed by atoms with Crippen molar-refractivity contribution in [3.8, 4) is 0 Å². The fourth-order valence-corrected chi connectivity index (χ4v) is 3.09. The zero-order valence-corrected chi connectivity index (χ0v) is 11.1. The van der Waals surface area contributed by atoms with Gasteiger partial charge in [-0.1, -0.05) is 13.3 Å². The van der Waals surface area contributed by atoms with Crippen molar-refractivity contribution in [2.45, 2.75) is 45.1 Å². The molecule has 3 atom stereocenters. The number of rotatable bonds is 4. The molecule has 0 aliphatic carbocycles. The predicted molar refractivity (Wildman–Crippen MR) is 69.0 cm³/mol. The average Bonchev–Trinajstić information content (AvgIpc) is 2.78. The Labute approximate surface area is 105 Å². The van der Waals surface area contributed by atoms with Gasteiger partial charge in [0.05, 0.1) is 12.7 Å². The molecule has 3 heteroatoms. The molecule has 0 spiro atoms. The van der Waals surface area contributed by atoms with Gasteiger partial charge in [0.1, 0.15) is 0 Å². The topological polar surface area (TPSA) is 32.7 Å². The number of ether oxygens (including phenoxy) is 1. The van der Waals surface area contributed by atoms with E-state index in [4.69, 9.17) is 4.74 Å². The van der Waals surface area contributed by atoms with Crippen molar-refractivity contribution in [3.63, 3.8) is 0 Å². The Morgan fingerprint density at radius 1 is 1.29 bits per heavy atom. The molecular formula is C14H27NO2. The van der Waals surface area contributed by atoms with Gasteiger partial charge in [-0.3, -0.25) is 0 Å². The minimum absolute atomic E-state index is 0.185. The van der Waals surface area contributed by atoms with Crippen LogP contribution in [0.3, 0.4) is 0 Å². The van der Waals surface area contributed by atoms with Crippen molar-refractivity contribution < 1.29 is 9.84 Å². The van der Waals surface area contributed by atoms with E-state index in [1.54, 1.807) is 0 Å². The molecular weight excluding hydrogens is 214 g/mol. The summed E-state index contributed by atoms with van der Waals surface area (Å²) >= 11 is 0. The number of hydrogen-bond acceptors (Lipinski definition) is 3. The standard InChI is InChI=1S/C14H27NO2/c1-2-12-4-3-7-15(8-5-12)10-14(16)13-6-9-17-11-13/h12-14,16H,2-11H2,1H3. The van der Waals surface area contributed by atoms with Gasteiger partial charge in [-0.05, 0) is 44.7 Å². The third-order valence-electron chi connectivity index (χ3n) is 4.47. The maximum Gasteiger partial charge on any atom is 0.0718 e. The molecule has 2 fully saturated rings. The molecule has 0 saturated carbocycles. The van der Waals surface area contributed by atoms with Gasteiger partial charge >= 0.3 is 0 Å². The second kappa shape index (κ2) is 6.72. The highest BCUT2D eigenvalue weighted by Crippen LogP contribution is 2.22. The van der Waals surface area contributed by atoms with E-state index in [0.29, 0.717) is 5.92 Å². The quantitative estimate of drug-likeness (QED) is 0.816. The molecule has 17 heavy (non-hydrogen) atoms. The first-order valence-corrected chi connectivity index (χ1v) is 7.27. The van der Waals surface area contributed by atoms with E-state index < -0.39 is 0 Å². The van der Waals surface area contributed by atoms with Gasteiger partial charge in [0, 0.05) is 19.1 Å². The van der Waals surface area contributed by atoms with E-state index >= 15 is 0 Å². The Kier molecular flexibility index (Phi) is 5.26. The minimum atomic E-state index is -0.185. The number of β-amino-alcohol motifs (C(OH)–C–C–N with tert-alkyl or cyclic N) is 1. The van der Waals surface area contributed by atoms with Crippen LogP contribution in [0.4, 0.5) is 0 Å². The van der Waals surface area contributed by atoms with Crippen molar-refractivity contribution in [1.82, 2.24) is 4.90 Å². The lowest BCUT2D eigenvalue weighted by atomic mass is 9.98. The van der Waals surface area contributed by atoms with Gasteiger partial charge in [-0.2, -0.15) is 0 Å². The predicted octanol–water partition coefficient (Wildman–Crippen LogP) is 1.90. The van der Waals surface area contributed by atoms with Crippen molar-refractivity contribution in [2.75, 3.05) is 32.8 Å². The first kappa shape index (κ1) is 13.3. The van der Waals surface area contributed by atoms with E-state index in [1.165, 1.54) is 38.8 Å². The zero-order valence-electron chi connectivity index (χ0n) is 11.1. The Bertz CT molecular complexity index is 216. The first-order valence-electron chi connectivity index (χ1n) is 7.27. The summed E-state index contributed by atoms with van der Waals surface area (Å²) in [6.07, 6.45) is 6.14. The lowest BCUT2D eigenvalue weighted by molar-refractivity contribution is 0.0565. The third kappa shape index (κ3) is 3.94. The third-order valence-corrected chi connectivity index (χ3v) is 4.47. The van der Waals surface area contributed by atoms with Gasteiger partial charge in [-0.15, -0.1) is 0 Å². The molecule has 0 aromatic heterocycles.